The number of hydrogen-bond acceptors (Lipinski definition) is 8. The van der Waals surface area contributed by atoms with Gasteiger partial charge in [-0.1, -0.05) is 23.4 Å². The van der Waals surface area contributed by atoms with Crippen LogP contribution < -0.4 is 15.4 Å². The van der Waals surface area contributed by atoms with Gasteiger partial charge in [0.05, 0.1) is 35.0 Å². The van der Waals surface area contributed by atoms with Crippen molar-refractivity contribution in [1.82, 2.24) is 25.6 Å². The van der Waals surface area contributed by atoms with Gasteiger partial charge in [-0.15, -0.1) is 5.10 Å². The van der Waals surface area contributed by atoms with Gasteiger partial charge in [0.25, 0.3) is 5.69 Å². The minimum absolute atomic E-state index is 0.0518. The number of non-ortho nitro benzene ring substituents is 1. The zero-order chi connectivity index (χ0) is 24.9. The van der Waals surface area contributed by atoms with E-state index in [1.165, 1.54) is 16.8 Å². The molecule has 180 valence electrons. The molecule has 1 aliphatic rings. The lowest BCUT2D eigenvalue weighted by molar-refractivity contribution is -0.384. The number of rotatable bonds is 8. The maximum absolute atomic E-state index is 12.5. The van der Waals surface area contributed by atoms with Gasteiger partial charge >= 0.3 is 12.0 Å². The molecule has 0 saturated carbocycles. The van der Waals surface area contributed by atoms with E-state index in [1.54, 1.807) is 56.4 Å². The maximum atomic E-state index is 12.5. The first kappa shape index (κ1) is 23.4. The number of aromatic nitrogens is 3. The van der Waals surface area contributed by atoms with Gasteiger partial charge in [0.1, 0.15) is 18.1 Å². The third-order valence-electron chi connectivity index (χ3n) is 5.19. The van der Waals surface area contributed by atoms with E-state index in [1.807, 2.05) is 0 Å². The molecule has 0 bridgehead atoms. The summed E-state index contributed by atoms with van der Waals surface area (Å²) in [5.74, 6) is -0.0346. The van der Waals surface area contributed by atoms with Crippen LogP contribution in [0, 0.1) is 10.1 Å². The largest absolute Gasteiger partial charge is 0.487 e. The fourth-order valence-corrected chi connectivity index (χ4v) is 3.60. The highest BCUT2D eigenvalue weighted by Gasteiger charge is 2.32. The van der Waals surface area contributed by atoms with E-state index in [0.717, 1.165) is 0 Å². The number of carbonyl (C=O) groups is 2. The summed E-state index contributed by atoms with van der Waals surface area (Å²) in [5, 5.41) is 24.4. The Balaban J connectivity index is 1.50. The first-order chi connectivity index (χ1) is 16.9. The Morgan fingerprint density at radius 2 is 2.03 bits per heavy atom. The molecular formula is C23H22N6O6. The van der Waals surface area contributed by atoms with Gasteiger partial charge in [0.2, 0.25) is 0 Å². The van der Waals surface area contributed by atoms with Crippen LogP contribution in [0.1, 0.15) is 31.1 Å². The number of amides is 2. The number of hydrogen-bond donors (Lipinski definition) is 2. The molecule has 4 rings (SSSR count). The highest BCUT2D eigenvalue weighted by molar-refractivity contribution is 5.95. The van der Waals surface area contributed by atoms with Crippen molar-refractivity contribution in [2.24, 2.45) is 0 Å². The van der Waals surface area contributed by atoms with Gasteiger partial charge in [-0.3, -0.25) is 10.1 Å². The number of allylic oxidation sites excluding steroid dienone is 1. The first-order valence-corrected chi connectivity index (χ1v) is 10.7. The zero-order valence-corrected chi connectivity index (χ0v) is 18.9. The fraction of sp³-hybridized carbons (Fsp3) is 0.217. The SMILES string of the molecule is CCOC(=O)C1=C(C)NC(=O)NC1c1cccc(OCc2cn(-c3cccc([N+](=O)[O-])c3)nn2)c1. The van der Waals surface area contributed by atoms with E-state index in [9.17, 15) is 19.7 Å². The van der Waals surface area contributed by atoms with Crippen LogP contribution in [-0.4, -0.2) is 38.5 Å². The van der Waals surface area contributed by atoms with E-state index in [2.05, 4.69) is 20.9 Å². The molecule has 12 heteroatoms. The molecule has 3 aromatic rings. The van der Waals surface area contributed by atoms with Crippen LogP contribution in [0.25, 0.3) is 5.69 Å². The monoisotopic (exact) mass is 478 g/mol. The van der Waals surface area contributed by atoms with Gasteiger partial charge in [-0.25, -0.2) is 14.3 Å². The minimum Gasteiger partial charge on any atom is -0.487 e. The summed E-state index contributed by atoms with van der Waals surface area (Å²) >= 11 is 0. The zero-order valence-electron chi connectivity index (χ0n) is 18.9. The summed E-state index contributed by atoms with van der Waals surface area (Å²) in [4.78, 5) is 35.1. The third kappa shape index (κ3) is 5.27. The van der Waals surface area contributed by atoms with Crippen molar-refractivity contribution in [3.63, 3.8) is 0 Å². The van der Waals surface area contributed by atoms with Crippen LogP contribution in [0.5, 0.6) is 5.75 Å². The smallest absolute Gasteiger partial charge is 0.338 e. The lowest BCUT2D eigenvalue weighted by Gasteiger charge is -2.28. The second kappa shape index (κ2) is 10.0. The van der Waals surface area contributed by atoms with E-state index in [0.29, 0.717) is 34.0 Å². The Morgan fingerprint density at radius 1 is 1.23 bits per heavy atom. The quantitative estimate of drug-likeness (QED) is 0.285. The number of benzene rings is 2. The van der Waals surface area contributed by atoms with Gasteiger partial charge in [0, 0.05) is 17.8 Å². The van der Waals surface area contributed by atoms with E-state index in [-0.39, 0.29) is 18.9 Å². The van der Waals surface area contributed by atoms with Gasteiger partial charge in [-0.2, -0.15) is 0 Å². The van der Waals surface area contributed by atoms with Crippen LogP contribution in [0.3, 0.4) is 0 Å². The van der Waals surface area contributed by atoms with Gasteiger partial charge in [0.15, 0.2) is 0 Å². The molecule has 0 fully saturated rings. The number of nitrogens with one attached hydrogen (secondary N) is 2. The van der Waals surface area contributed by atoms with Crippen LogP contribution in [0.2, 0.25) is 0 Å². The van der Waals surface area contributed by atoms with Gasteiger partial charge in [-0.05, 0) is 37.6 Å². The predicted octanol–water partition coefficient (Wildman–Crippen LogP) is 2.95. The van der Waals surface area contributed by atoms with Crippen LogP contribution >= 0.6 is 0 Å². The topological polar surface area (TPSA) is 151 Å². The molecule has 2 heterocycles. The maximum Gasteiger partial charge on any atom is 0.338 e. The van der Waals surface area contributed by atoms with Crippen LogP contribution in [-0.2, 0) is 16.1 Å². The summed E-state index contributed by atoms with van der Waals surface area (Å²) in [6.07, 6.45) is 1.61. The molecule has 1 unspecified atom stereocenters. The Morgan fingerprint density at radius 3 is 2.80 bits per heavy atom. The van der Waals surface area contributed by atoms with Crippen molar-refractivity contribution in [3.8, 4) is 11.4 Å². The molecule has 1 atom stereocenters. The number of nitrogens with zero attached hydrogens (tertiary/aromatic N) is 4. The number of carbonyl (C=O) groups excluding carboxylic acids is 2. The van der Waals surface area contributed by atoms with Crippen molar-refractivity contribution in [3.05, 3.63) is 87.4 Å². The van der Waals surface area contributed by atoms with Crippen LogP contribution in [0.15, 0.2) is 66.0 Å². The van der Waals surface area contributed by atoms with E-state index < -0.39 is 23.0 Å². The number of nitro groups is 1. The van der Waals surface area contributed by atoms with Crippen molar-refractivity contribution >= 4 is 17.7 Å². The number of esters is 1. The normalized spacial score (nSPS) is 15.3. The highest BCUT2D eigenvalue weighted by atomic mass is 16.6. The van der Waals surface area contributed by atoms with Crippen molar-refractivity contribution in [2.75, 3.05) is 6.61 Å². The molecule has 12 nitrogen and oxygen atoms in total. The standard InChI is InChI=1S/C23H22N6O6/c1-3-34-22(30)20-14(2)24-23(31)25-21(20)15-6-4-9-19(10-15)35-13-16-12-28(27-26-16)17-7-5-8-18(11-17)29(32)33/h4-12,21H,3,13H2,1-2H3,(H2,24,25,31). The average Bonchev–Trinajstić information content (AvgIpc) is 3.32. The fourth-order valence-electron chi connectivity index (χ4n) is 3.60. The summed E-state index contributed by atoms with van der Waals surface area (Å²) in [5.41, 5.74) is 2.31. The van der Waals surface area contributed by atoms with Crippen molar-refractivity contribution in [2.45, 2.75) is 26.5 Å². The Kier molecular flexibility index (Phi) is 6.71. The van der Waals surface area contributed by atoms with Crippen LogP contribution in [0.4, 0.5) is 10.5 Å². The first-order valence-electron chi connectivity index (χ1n) is 10.7. The molecule has 2 N–H and O–H groups in total. The minimum atomic E-state index is -0.707. The number of ether oxygens (including phenoxy) is 2. The summed E-state index contributed by atoms with van der Waals surface area (Å²) in [6, 6.07) is 11.9. The Labute approximate surface area is 199 Å². The molecule has 2 aromatic carbocycles. The summed E-state index contributed by atoms with van der Waals surface area (Å²) < 4.78 is 12.4. The molecule has 1 aromatic heterocycles. The van der Waals surface area contributed by atoms with Gasteiger partial charge < -0.3 is 20.1 Å². The molecule has 2 amide bonds. The molecule has 0 saturated heterocycles. The predicted molar refractivity (Wildman–Crippen MR) is 123 cm³/mol. The summed E-state index contributed by atoms with van der Waals surface area (Å²) in [6.45, 7) is 3.64. The molecule has 35 heavy (non-hydrogen) atoms. The highest BCUT2D eigenvalue weighted by Crippen LogP contribution is 2.30. The molecule has 0 radical (unpaired) electrons. The molecular weight excluding hydrogens is 456 g/mol. The molecule has 0 spiro atoms. The second-order valence-corrected chi connectivity index (χ2v) is 7.58. The number of nitro benzene ring substituents is 1. The van der Waals surface area contributed by atoms with E-state index >= 15 is 0 Å². The summed E-state index contributed by atoms with van der Waals surface area (Å²) in [7, 11) is 0. The van der Waals surface area contributed by atoms with Crippen molar-refractivity contribution in [1.29, 1.82) is 0 Å². The Bertz CT molecular complexity index is 1320. The lowest BCUT2D eigenvalue weighted by Crippen LogP contribution is -2.45. The Hall–Kier alpha value is -4.74. The third-order valence-corrected chi connectivity index (χ3v) is 5.19. The number of urea groups is 1. The second-order valence-electron chi connectivity index (χ2n) is 7.58. The molecule has 0 aliphatic carbocycles. The van der Waals surface area contributed by atoms with E-state index in [4.69, 9.17) is 9.47 Å². The molecule has 1 aliphatic heterocycles. The average molecular weight is 478 g/mol. The van der Waals surface area contributed by atoms with Crippen molar-refractivity contribution < 1.29 is 24.0 Å². The lowest BCUT2D eigenvalue weighted by atomic mass is 9.95.